The number of aromatic nitrogens is 1. The smallest absolute Gasteiger partial charge is 0.251 e. The van der Waals surface area contributed by atoms with Gasteiger partial charge in [0.2, 0.25) is 0 Å². The van der Waals surface area contributed by atoms with Crippen molar-refractivity contribution in [3.05, 3.63) is 69.6 Å². The lowest BCUT2D eigenvalue weighted by Crippen LogP contribution is -2.36. The number of benzene rings is 1. The van der Waals surface area contributed by atoms with Crippen molar-refractivity contribution in [2.45, 2.75) is 51.1 Å². The first-order chi connectivity index (χ1) is 12.3. The predicted octanol–water partition coefficient (Wildman–Crippen LogP) is 2.60. The normalized spacial score (nSPS) is 18.7. The third-order valence-electron chi connectivity index (χ3n) is 4.61. The number of fused-ring (bicyclic) bond motifs is 1. The van der Waals surface area contributed by atoms with Gasteiger partial charge in [0.1, 0.15) is 11.0 Å². The van der Waals surface area contributed by atoms with E-state index in [4.69, 9.17) is 0 Å². The first-order valence-corrected chi connectivity index (χ1v) is 9.98. The Morgan fingerprint density at radius 1 is 1.23 bits per heavy atom. The molecule has 140 valence electrons. The maximum atomic E-state index is 13.0. The molecule has 0 saturated carbocycles. The zero-order chi connectivity index (χ0) is 18.9. The van der Waals surface area contributed by atoms with Gasteiger partial charge in [0.05, 0.1) is 17.3 Å². The number of aliphatic hydroxyl groups is 1. The summed E-state index contributed by atoms with van der Waals surface area (Å²) < 4.78 is 16.2. The fraction of sp³-hybridized carbons (Fsp3) is 0.450. The van der Waals surface area contributed by atoms with Crippen LogP contribution in [-0.2, 0) is 24.1 Å². The summed E-state index contributed by atoms with van der Waals surface area (Å²) >= 11 is 0. The van der Waals surface area contributed by atoms with Crippen LogP contribution >= 0.6 is 0 Å². The van der Waals surface area contributed by atoms with E-state index in [9.17, 15) is 14.1 Å². The van der Waals surface area contributed by atoms with Crippen molar-refractivity contribution in [3.8, 4) is 0 Å². The van der Waals surface area contributed by atoms with Crippen LogP contribution in [0, 0.1) is 0 Å². The van der Waals surface area contributed by atoms with Gasteiger partial charge in [-0.3, -0.25) is 4.79 Å². The molecule has 5 nitrogen and oxygen atoms in total. The molecule has 6 heteroatoms. The van der Waals surface area contributed by atoms with E-state index >= 15 is 0 Å². The summed E-state index contributed by atoms with van der Waals surface area (Å²) in [6.07, 6.45) is 2.38. The second-order valence-electron chi connectivity index (χ2n) is 7.67. The molecule has 1 unspecified atom stereocenters. The van der Waals surface area contributed by atoms with Crippen LogP contribution in [0.25, 0.3) is 0 Å². The third-order valence-corrected chi connectivity index (χ3v) is 6.47. The quantitative estimate of drug-likeness (QED) is 0.875. The Labute approximate surface area is 156 Å². The topological polar surface area (TPSA) is 62.5 Å². The van der Waals surface area contributed by atoms with E-state index in [1.807, 2.05) is 61.6 Å². The van der Waals surface area contributed by atoms with Gasteiger partial charge < -0.3 is 9.67 Å². The van der Waals surface area contributed by atoms with Crippen LogP contribution in [-0.4, -0.2) is 29.5 Å². The van der Waals surface area contributed by atoms with Gasteiger partial charge in [-0.05, 0) is 43.9 Å². The van der Waals surface area contributed by atoms with Crippen molar-refractivity contribution in [2.24, 2.45) is 0 Å². The maximum absolute atomic E-state index is 13.0. The largest absolute Gasteiger partial charge is 0.396 e. The number of hydrogen-bond acceptors (Lipinski definition) is 3. The molecule has 1 aliphatic heterocycles. The number of hydrogen-bond donors (Lipinski definition) is 1. The van der Waals surface area contributed by atoms with Crippen molar-refractivity contribution in [2.75, 3.05) is 6.61 Å². The van der Waals surface area contributed by atoms with Crippen molar-refractivity contribution in [3.63, 3.8) is 0 Å². The molecule has 1 aliphatic rings. The number of rotatable bonds is 5. The Bertz CT molecular complexity index is 856. The fourth-order valence-corrected chi connectivity index (χ4v) is 4.76. The summed E-state index contributed by atoms with van der Waals surface area (Å²) in [7, 11) is -1.21. The zero-order valence-corrected chi connectivity index (χ0v) is 16.3. The standard InChI is InChI=1S/C20H26N2O3S/c1-20(2,3)26(25)22-13-16-11-19(24)21(12-15-7-5-4-6-8-15)14-17(16)18(22)9-10-23/h4-8,11,14,18,23H,9-10,12-13H2,1-3H3/t18-,26?/m1/s1. The molecular weight excluding hydrogens is 348 g/mol. The first-order valence-electron chi connectivity index (χ1n) is 8.88. The molecule has 1 N–H and O–H groups in total. The lowest BCUT2D eigenvalue weighted by molar-refractivity contribution is 0.238. The van der Waals surface area contributed by atoms with Gasteiger partial charge in [-0.1, -0.05) is 30.3 Å². The van der Waals surface area contributed by atoms with Crippen molar-refractivity contribution in [1.29, 1.82) is 0 Å². The Morgan fingerprint density at radius 2 is 1.92 bits per heavy atom. The highest BCUT2D eigenvalue weighted by atomic mass is 32.2. The molecule has 0 radical (unpaired) electrons. The summed E-state index contributed by atoms with van der Waals surface area (Å²) in [5.41, 5.74) is 2.91. The minimum absolute atomic E-state index is 0.0137. The van der Waals surface area contributed by atoms with Crippen LogP contribution in [0.5, 0.6) is 0 Å². The van der Waals surface area contributed by atoms with Crippen molar-refractivity contribution in [1.82, 2.24) is 8.87 Å². The molecule has 0 aliphatic carbocycles. The predicted molar refractivity (Wildman–Crippen MR) is 104 cm³/mol. The van der Waals surface area contributed by atoms with E-state index in [-0.39, 0.29) is 18.2 Å². The minimum atomic E-state index is -1.21. The molecule has 0 fully saturated rings. The molecule has 3 rings (SSSR count). The number of pyridine rings is 1. The van der Waals surface area contributed by atoms with Crippen LogP contribution < -0.4 is 5.56 Å². The van der Waals surface area contributed by atoms with E-state index in [2.05, 4.69) is 0 Å². The van der Waals surface area contributed by atoms with Gasteiger partial charge >= 0.3 is 0 Å². The summed E-state index contributed by atoms with van der Waals surface area (Å²) in [5, 5.41) is 9.52. The molecule has 1 aromatic heterocycles. The van der Waals surface area contributed by atoms with Crippen LogP contribution in [0.4, 0.5) is 0 Å². The highest BCUT2D eigenvalue weighted by Crippen LogP contribution is 2.38. The number of nitrogens with zero attached hydrogens (tertiary/aromatic N) is 2. The second-order valence-corrected chi connectivity index (χ2v) is 9.86. The molecule has 2 heterocycles. The Morgan fingerprint density at radius 3 is 2.54 bits per heavy atom. The molecule has 1 aromatic carbocycles. The lowest BCUT2D eigenvalue weighted by Gasteiger charge is -2.30. The van der Waals surface area contributed by atoms with E-state index in [1.54, 1.807) is 10.6 Å². The summed E-state index contributed by atoms with van der Waals surface area (Å²) in [6, 6.07) is 11.4. The van der Waals surface area contributed by atoms with Crippen LogP contribution in [0.2, 0.25) is 0 Å². The molecule has 2 aromatic rings. The highest BCUT2D eigenvalue weighted by Gasteiger charge is 2.38. The van der Waals surface area contributed by atoms with Crippen LogP contribution in [0.15, 0.2) is 47.4 Å². The van der Waals surface area contributed by atoms with Crippen molar-refractivity contribution >= 4 is 11.0 Å². The van der Waals surface area contributed by atoms with Gasteiger partial charge in [-0.2, -0.15) is 0 Å². The maximum Gasteiger partial charge on any atom is 0.251 e. The van der Waals surface area contributed by atoms with Gasteiger partial charge in [-0.15, -0.1) is 0 Å². The fourth-order valence-electron chi connectivity index (χ4n) is 3.35. The first kappa shape index (κ1) is 19.0. The van der Waals surface area contributed by atoms with E-state index in [0.29, 0.717) is 19.5 Å². The molecule has 26 heavy (non-hydrogen) atoms. The lowest BCUT2D eigenvalue weighted by atomic mass is 10.1. The average Bonchev–Trinajstić information content (AvgIpc) is 2.92. The van der Waals surface area contributed by atoms with Gasteiger partial charge in [-0.25, -0.2) is 8.51 Å². The molecule has 0 spiro atoms. The van der Waals surface area contributed by atoms with Gasteiger partial charge in [0.15, 0.2) is 0 Å². The highest BCUT2D eigenvalue weighted by molar-refractivity contribution is 7.84. The zero-order valence-electron chi connectivity index (χ0n) is 15.5. The Balaban J connectivity index is 1.97. The molecule has 0 amide bonds. The summed E-state index contributed by atoms with van der Waals surface area (Å²) in [4.78, 5) is 12.5. The van der Waals surface area contributed by atoms with Crippen LogP contribution in [0.3, 0.4) is 0 Å². The molecular formula is C20H26N2O3S. The van der Waals surface area contributed by atoms with E-state index in [0.717, 1.165) is 16.7 Å². The molecule has 0 saturated heterocycles. The molecule has 0 bridgehead atoms. The van der Waals surface area contributed by atoms with E-state index in [1.165, 1.54) is 0 Å². The summed E-state index contributed by atoms with van der Waals surface area (Å²) in [6.45, 7) is 6.82. The van der Waals surface area contributed by atoms with Gasteiger partial charge in [0.25, 0.3) is 5.56 Å². The van der Waals surface area contributed by atoms with Crippen LogP contribution in [0.1, 0.15) is 49.9 Å². The Hall–Kier alpha value is -1.76. The summed E-state index contributed by atoms with van der Waals surface area (Å²) in [5.74, 6) is 0. The van der Waals surface area contributed by atoms with Gasteiger partial charge in [0, 0.05) is 25.4 Å². The third kappa shape index (κ3) is 3.82. The van der Waals surface area contributed by atoms with E-state index < -0.39 is 15.7 Å². The second kappa shape index (κ2) is 7.47. The average molecular weight is 375 g/mol. The van der Waals surface area contributed by atoms with Crippen molar-refractivity contribution < 1.29 is 9.32 Å². The minimum Gasteiger partial charge on any atom is -0.396 e. The monoisotopic (exact) mass is 374 g/mol. The molecule has 2 atom stereocenters. The Kier molecular flexibility index (Phi) is 5.46. The SMILES string of the molecule is CC(C)(C)S(=O)N1Cc2cc(=O)n(Cc3ccccc3)cc2[C@H]1CCO. The number of aliphatic hydroxyl groups excluding tert-OH is 1.